The van der Waals surface area contributed by atoms with E-state index in [0.717, 1.165) is 16.8 Å². The van der Waals surface area contributed by atoms with Crippen LogP contribution in [0.15, 0.2) is 36.5 Å². The minimum Gasteiger partial charge on any atom is -0.481 e. The van der Waals surface area contributed by atoms with Gasteiger partial charge in [0.15, 0.2) is 0 Å². The van der Waals surface area contributed by atoms with Crippen LogP contribution in [0.3, 0.4) is 0 Å². The lowest BCUT2D eigenvalue weighted by Gasteiger charge is -2.09. The zero-order valence-electron chi connectivity index (χ0n) is 11.3. The van der Waals surface area contributed by atoms with E-state index in [1.54, 1.807) is 0 Å². The first-order valence-electron chi connectivity index (χ1n) is 7.08. The van der Waals surface area contributed by atoms with Crippen LogP contribution in [0.1, 0.15) is 37.3 Å². The van der Waals surface area contributed by atoms with Crippen LogP contribution in [0.5, 0.6) is 0 Å². The van der Waals surface area contributed by atoms with Gasteiger partial charge in [-0.15, -0.1) is 0 Å². The summed E-state index contributed by atoms with van der Waals surface area (Å²) in [5.74, 6) is -0.807. The van der Waals surface area contributed by atoms with Crippen molar-refractivity contribution >= 4 is 5.97 Å². The van der Waals surface area contributed by atoms with Gasteiger partial charge in [-0.2, -0.15) is 5.10 Å². The number of carboxylic acids is 1. The second kappa shape index (κ2) is 5.49. The number of hydrogen-bond donors (Lipinski definition) is 1. The van der Waals surface area contributed by atoms with Gasteiger partial charge in [0.2, 0.25) is 0 Å². The van der Waals surface area contributed by atoms with Gasteiger partial charge in [-0.3, -0.25) is 9.48 Å². The Kier molecular flexibility index (Phi) is 3.54. The van der Waals surface area contributed by atoms with Gasteiger partial charge in [-0.25, -0.2) is 0 Å². The van der Waals surface area contributed by atoms with Crippen LogP contribution < -0.4 is 0 Å². The van der Waals surface area contributed by atoms with E-state index < -0.39 is 5.97 Å². The van der Waals surface area contributed by atoms with Gasteiger partial charge in [-0.05, 0) is 30.5 Å². The number of aromatic nitrogens is 2. The standard InChI is InChI=1S/C16H18N2O2/c19-16(20)11-12-4-3-5-13(10-12)15-8-9-18(17-15)14-6-1-2-7-14/h3-5,8-10,14H,1-2,6-7,11H2,(H,19,20). The molecule has 0 saturated heterocycles. The molecule has 104 valence electrons. The topological polar surface area (TPSA) is 55.1 Å². The Labute approximate surface area is 118 Å². The van der Waals surface area contributed by atoms with Crippen LogP contribution in [0.4, 0.5) is 0 Å². The fraction of sp³-hybridized carbons (Fsp3) is 0.375. The lowest BCUT2D eigenvalue weighted by atomic mass is 10.1. The molecule has 0 unspecified atom stereocenters. The summed E-state index contributed by atoms with van der Waals surface area (Å²) in [4.78, 5) is 10.8. The SMILES string of the molecule is O=C(O)Cc1cccc(-c2ccn(C3CCCC3)n2)c1. The third kappa shape index (κ3) is 2.74. The summed E-state index contributed by atoms with van der Waals surface area (Å²) in [6.45, 7) is 0. The highest BCUT2D eigenvalue weighted by Crippen LogP contribution is 2.30. The summed E-state index contributed by atoms with van der Waals surface area (Å²) < 4.78 is 2.06. The smallest absolute Gasteiger partial charge is 0.307 e. The van der Waals surface area contributed by atoms with Gasteiger partial charge in [0.05, 0.1) is 18.2 Å². The molecule has 20 heavy (non-hydrogen) atoms. The molecule has 1 aliphatic carbocycles. The van der Waals surface area contributed by atoms with Gasteiger partial charge in [-0.1, -0.05) is 31.0 Å². The van der Waals surface area contributed by atoms with Crippen molar-refractivity contribution in [2.75, 3.05) is 0 Å². The first-order valence-corrected chi connectivity index (χ1v) is 7.08. The van der Waals surface area contributed by atoms with Gasteiger partial charge >= 0.3 is 5.97 Å². The molecular weight excluding hydrogens is 252 g/mol. The molecule has 4 heteroatoms. The first kappa shape index (κ1) is 12.9. The summed E-state index contributed by atoms with van der Waals surface area (Å²) in [6, 6.07) is 10.2. The Morgan fingerprint density at radius 2 is 2.10 bits per heavy atom. The summed E-state index contributed by atoms with van der Waals surface area (Å²) in [6.07, 6.45) is 7.08. The minimum absolute atomic E-state index is 0.0528. The molecule has 3 rings (SSSR count). The summed E-state index contributed by atoms with van der Waals surface area (Å²) in [5.41, 5.74) is 2.72. The van der Waals surface area contributed by atoms with Crippen molar-refractivity contribution < 1.29 is 9.90 Å². The fourth-order valence-electron chi connectivity index (χ4n) is 2.88. The molecule has 0 amide bonds. The average Bonchev–Trinajstić information content (AvgIpc) is 3.09. The van der Waals surface area contributed by atoms with Crippen molar-refractivity contribution in [3.63, 3.8) is 0 Å². The number of carboxylic acid groups (broad SMARTS) is 1. The number of nitrogens with zero attached hydrogens (tertiary/aromatic N) is 2. The van der Waals surface area contributed by atoms with E-state index in [1.807, 2.05) is 36.5 Å². The zero-order chi connectivity index (χ0) is 13.9. The molecule has 0 spiro atoms. The molecule has 0 radical (unpaired) electrons. The molecule has 1 aromatic heterocycles. The van der Waals surface area contributed by atoms with Gasteiger partial charge < -0.3 is 5.11 Å². The maximum absolute atomic E-state index is 10.8. The van der Waals surface area contributed by atoms with Gasteiger partial charge in [0.25, 0.3) is 0 Å². The number of aliphatic carboxylic acids is 1. The highest BCUT2D eigenvalue weighted by Gasteiger charge is 2.17. The highest BCUT2D eigenvalue weighted by atomic mass is 16.4. The van der Waals surface area contributed by atoms with Crippen LogP contribution in [-0.2, 0) is 11.2 Å². The van der Waals surface area contributed by atoms with E-state index in [4.69, 9.17) is 5.11 Å². The van der Waals surface area contributed by atoms with Crippen LogP contribution in [0.25, 0.3) is 11.3 Å². The first-order chi connectivity index (χ1) is 9.72. The summed E-state index contributed by atoms with van der Waals surface area (Å²) >= 11 is 0. The van der Waals surface area contributed by atoms with Crippen molar-refractivity contribution in [3.8, 4) is 11.3 Å². The quantitative estimate of drug-likeness (QED) is 0.927. The largest absolute Gasteiger partial charge is 0.481 e. The third-order valence-electron chi connectivity index (χ3n) is 3.89. The number of benzene rings is 1. The van der Waals surface area contributed by atoms with Crippen molar-refractivity contribution in [2.24, 2.45) is 0 Å². The predicted molar refractivity (Wildman–Crippen MR) is 76.5 cm³/mol. The van der Waals surface area contributed by atoms with Crippen molar-refractivity contribution in [1.29, 1.82) is 0 Å². The molecule has 4 nitrogen and oxygen atoms in total. The normalized spacial score (nSPS) is 15.6. The molecule has 1 fully saturated rings. The Morgan fingerprint density at radius 1 is 1.30 bits per heavy atom. The third-order valence-corrected chi connectivity index (χ3v) is 3.89. The van der Waals surface area contributed by atoms with Crippen molar-refractivity contribution in [1.82, 2.24) is 9.78 Å². The molecule has 1 aromatic carbocycles. The van der Waals surface area contributed by atoms with E-state index in [2.05, 4.69) is 9.78 Å². The summed E-state index contributed by atoms with van der Waals surface area (Å²) in [7, 11) is 0. The number of hydrogen-bond acceptors (Lipinski definition) is 2. The van der Waals surface area contributed by atoms with Crippen molar-refractivity contribution in [3.05, 3.63) is 42.1 Å². The summed E-state index contributed by atoms with van der Waals surface area (Å²) in [5, 5.41) is 13.5. The van der Waals surface area contributed by atoms with Crippen LogP contribution in [0, 0.1) is 0 Å². The average molecular weight is 270 g/mol. The molecule has 1 saturated carbocycles. The Bertz CT molecular complexity index is 612. The molecule has 0 bridgehead atoms. The molecule has 0 aliphatic heterocycles. The van der Waals surface area contributed by atoms with E-state index in [-0.39, 0.29) is 6.42 Å². The van der Waals surface area contributed by atoms with Crippen molar-refractivity contribution in [2.45, 2.75) is 38.1 Å². The van der Waals surface area contributed by atoms with Gasteiger partial charge in [0, 0.05) is 11.8 Å². The Balaban J connectivity index is 1.83. The lowest BCUT2D eigenvalue weighted by molar-refractivity contribution is -0.136. The maximum atomic E-state index is 10.8. The predicted octanol–water partition coefficient (Wildman–Crippen LogP) is 3.29. The van der Waals surface area contributed by atoms with Crippen LogP contribution in [0.2, 0.25) is 0 Å². The second-order valence-electron chi connectivity index (χ2n) is 5.39. The highest BCUT2D eigenvalue weighted by molar-refractivity contribution is 5.71. The monoisotopic (exact) mass is 270 g/mol. The van der Waals surface area contributed by atoms with E-state index >= 15 is 0 Å². The molecule has 1 N–H and O–H groups in total. The molecular formula is C16H18N2O2. The Morgan fingerprint density at radius 3 is 2.85 bits per heavy atom. The fourth-order valence-corrected chi connectivity index (χ4v) is 2.88. The molecule has 1 heterocycles. The number of carbonyl (C=O) groups is 1. The molecule has 0 atom stereocenters. The lowest BCUT2D eigenvalue weighted by Crippen LogP contribution is -2.05. The second-order valence-corrected chi connectivity index (χ2v) is 5.39. The van der Waals surface area contributed by atoms with E-state index in [9.17, 15) is 4.79 Å². The molecule has 1 aliphatic rings. The Hall–Kier alpha value is -2.10. The van der Waals surface area contributed by atoms with E-state index in [1.165, 1.54) is 25.7 Å². The van der Waals surface area contributed by atoms with Crippen LogP contribution >= 0.6 is 0 Å². The van der Waals surface area contributed by atoms with Crippen LogP contribution in [-0.4, -0.2) is 20.9 Å². The zero-order valence-corrected chi connectivity index (χ0v) is 11.3. The minimum atomic E-state index is -0.807. The maximum Gasteiger partial charge on any atom is 0.307 e. The molecule has 2 aromatic rings. The van der Waals surface area contributed by atoms with Gasteiger partial charge in [0.1, 0.15) is 0 Å². The number of rotatable bonds is 4. The van der Waals surface area contributed by atoms with E-state index in [0.29, 0.717) is 6.04 Å².